The number of amides is 2. The maximum Gasteiger partial charge on any atom is 0.255 e. The number of methoxy groups -OCH3 is 2. The van der Waals surface area contributed by atoms with Crippen molar-refractivity contribution in [1.29, 1.82) is 0 Å². The third kappa shape index (κ3) is 4.28. The Morgan fingerprint density at radius 3 is 2.62 bits per heavy atom. The van der Waals surface area contributed by atoms with Crippen molar-refractivity contribution in [3.63, 3.8) is 0 Å². The highest BCUT2D eigenvalue weighted by atomic mass is 16.5. The molecule has 2 rings (SSSR count). The first kappa shape index (κ1) is 17.4. The van der Waals surface area contributed by atoms with Crippen molar-refractivity contribution < 1.29 is 23.5 Å². The van der Waals surface area contributed by atoms with Crippen molar-refractivity contribution in [1.82, 2.24) is 10.6 Å². The fourth-order valence-corrected chi connectivity index (χ4v) is 2.07. The van der Waals surface area contributed by atoms with E-state index < -0.39 is 11.9 Å². The van der Waals surface area contributed by atoms with E-state index in [0.29, 0.717) is 22.8 Å². The van der Waals surface area contributed by atoms with E-state index in [4.69, 9.17) is 13.9 Å². The summed E-state index contributed by atoms with van der Waals surface area (Å²) in [6.07, 6.45) is 1.53. The molecule has 0 aliphatic heterocycles. The highest BCUT2D eigenvalue weighted by Gasteiger charge is 2.19. The summed E-state index contributed by atoms with van der Waals surface area (Å²) in [4.78, 5) is 24.5. The number of carbonyl (C=O) groups is 2. The third-order valence-electron chi connectivity index (χ3n) is 3.41. The van der Waals surface area contributed by atoms with E-state index in [0.717, 1.165) is 0 Å². The van der Waals surface area contributed by atoms with Crippen molar-refractivity contribution in [2.24, 2.45) is 0 Å². The molecule has 1 aromatic carbocycles. The molecule has 0 radical (unpaired) electrons. The number of furan rings is 1. The second kappa shape index (κ2) is 8.05. The molecule has 1 aromatic heterocycles. The zero-order valence-electron chi connectivity index (χ0n) is 13.8. The fourth-order valence-electron chi connectivity index (χ4n) is 2.07. The maximum atomic E-state index is 12.4. The van der Waals surface area contributed by atoms with Crippen LogP contribution in [-0.2, 0) is 11.3 Å². The number of hydrogen-bond acceptors (Lipinski definition) is 5. The van der Waals surface area contributed by atoms with Gasteiger partial charge in [0.1, 0.15) is 23.3 Å². The Morgan fingerprint density at radius 1 is 1.21 bits per heavy atom. The van der Waals surface area contributed by atoms with Crippen LogP contribution < -0.4 is 20.1 Å². The van der Waals surface area contributed by atoms with E-state index in [1.54, 1.807) is 37.3 Å². The molecule has 0 saturated carbocycles. The Kier molecular flexibility index (Phi) is 5.83. The summed E-state index contributed by atoms with van der Waals surface area (Å²) in [5, 5.41) is 5.32. The monoisotopic (exact) mass is 332 g/mol. The first-order valence-corrected chi connectivity index (χ1v) is 7.38. The van der Waals surface area contributed by atoms with Gasteiger partial charge in [-0.2, -0.15) is 0 Å². The highest BCUT2D eigenvalue weighted by molar-refractivity contribution is 5.99. The zero-order valence-corrected chi connectivity index (χ0v) is 13.8. The minimum absolute atomic E-state index is 0.258. The predicted octanol–water partition coefficient (Wildman–Crippen LogP) is 1.73. The van der Waals surface area contributed by atoms with Crippen LogP contribution in [0.5, 0.6) is 11.5 Å². The Hall–Kier alpha value is -2.96. The smallest absolute Gasteiger partial charge is 0.255 e. The number of carbonyl (C=O) groups excluding carboxylic acids is 2. The summed E-state index contributed by atoms with van der Waals surface area (Å²) in [5.74, 6) is 0.816. The predicted molar refractivity (Wildman–Crippen MR) is 87.0 cm³/mol. The second-order valence-electron chi connectivity index (χ2n) is 5.06. The molecule has 24 heavy (non-hydrogen) atoms. The molecule has 0 saturated heterocycles. The van der Waals surface area contributed by atoms with Crippen LogP contribution in [0.25, 0.3) is 0 Å². The summed E-state index contributed by atoms with van der Waals surface area (Å²) in [5.41, 5.74) is 0.294. The van der Waals surface area contributed by atoms with E-state index in [1.165, 1.54) is 20.5 Å². The Balaban J connectivity index is 1.98. The van der Waals surface area contributed by atoms with Gasteiger partial charge in [0.05, 0.1) is 32.6 Å². The molecule has 2 N–H and O–H groups in total. The summed E-state index contributed by atoms with van der Waals surface area (Å²) in [6, 6.07) is 7.65. The normalized spacial score (nSPS) is 11.5. The summed E-state index contributed by atoms with van der Waals surface area (Å²) in [7, 11) is 2.98. The van der Waals surface area contributed by atoms with Gasteiger partial charge in [-0.05, 0) is 37.3 Å². The van der Waals surface area contributed by atoms with Crippen LogP contribution >= 0.6 is 0 Å². The van der Waals surface area contributed by atoms with Crippen LogP contribution in [0.1, 0.15) is 23.0 Å². The van der Waals surface area contributed by atoms with Crippen LogP contribution in [0.3, 0.4) is 0 Å². The largest absolute Gasteiger partial charge is 0.497 e. The lowest BCUT2D eigenvalue weighted by Gasteiger charge is -2.15. The summed E-state index contributed by atoms with van der Waals surface area (Å²) < 4.78 is 15.4. The molecular formula is C17H20N2O5. The SMILES string of the molecule is COc1ccc(OC)c(C(=O)N[C@@H](C)C(=O)NCc2ccco2)c1. The third-order valence-corrected chi connectivity index (χ3v) is 3.41. The van der Waals surface area contributed by atoms with Gasteiger partial charge in [-0.3, -0.25) is 9.59 Å². The van der Waals surface area contributed by atoms with Gasteiger partial charge in [-0.25, -0.2) is 0 Å². The highest BCUT2D eigenvalue weighted by Crippen LogP contribution is 2.23. The van der Waals surface area contributed by atoms with Crippen LogP contribution in [0.15, 0.2) is 41.0 Å². The van der Waals surface area contributed by atoms with E-state index in [9.17, 15) is 9.59 Å². The number of benzene rings is 1. The Labute approximate surface area is 139 Å². The van der Waals surface area contributed by atoms with Gasteiger partial charge in [0, 0.05) is 0 Å². The Bertz CT molecular complexity index is 697. The van der Waals surface area contributed by atoms with Crippen molar-refractivity contribution >= 4 is 11.8 Å². The molecule has 7 heteroatoms. The van der Waals surface area contributed by atoms with Gasteiger partial charge >= 0.3 is 0 Å². The van der Waals surface area contributed by atoms with Crippen LogP contribution in [0.2, 0.25) is 0 Å². The molecule has 0 aliphatic rings. The quantitative estimate of drug-likeness (QED) is 0.806. The summed E-state index contributed by atoms with van der Waals surface area (Å²) >= 11 is 0. The molecule has 2 aromatic rings. The lowest BCUT2D eigenvalue weighted by Crippen LogP contribution is -2.44. The molecule has 0 fully saturated rings. The first-order chi connectivity index (χ1) is 11.5. The van der Waals surface area contributed by atoms with Gasteiger partial charge in [-0.1, -0.05) is 0 Å². The molecule has 0 unspecified atom stereocenters. The number of ether oxygens (including phenoxy) is 2. The topological polar surface area (TPSA) is 89.8 Å². The van der Waals surface area contributed by atoms with Gasteiger partial charge in [0.25, 0.3) is 5.91 Å². The lowest BCUT2D eigenvalue weighted by molar-refractivity contribution is -0.122. The van der Waals surface area contributed by atoms with E-state index in [-0.39, 0.29) is 12.5 Å². The molecule has 7 nitrogen and oxygen atoms in total. The standard InChI is InChI=1S/C17H20N2O5/c1-11(16(20)18-10-13-5-4-8-24-13)19-17(21)14-9-12(22-2)6-7-15(14)23-3/h4-9,11H,10H2,1-3H3,(H,18,20)(H,19,21)/t11-/m0/s1. The number of nitrogens with one attached hydrogen (secondary N) is 2. The van der Waals surface area contributed by atoms with Crippen molar-refractivity contribution in [2.45, 2.75) is 19.5 Å². The fraction of sp³-hybridized carbons (Fsp3) is 0.294. The molecule has 0 spiro atoms. The van der Waals surface area contributed by atoms with Crippen molar-refractivity contribution in [3.8, 4) is 11.5 Å². The molecule has 0 bridgehead atoms. The van der Waals surface area contributed by atoms with Crippen LogP contribution in [0.4, 0.5) is 0 Å². The van der Waals surface area contributed by atoms with E-state index in [2.05, 4.69) is 10.6 Å². The van der Waals surface area contributed by atoms with Crippen molar-refractivity contribution in [3.05, 3.63) is 47.9 Å². The molecule has 2 amide bonds. The molecule has 1 atom stereocenters. The van der Waals surface area contributed by atoms with E-state index >= 15 is 0 Å². The van der Waals surface area contributed by atoms with Gasteiger partial charge < -0.3 is 24.5 Å². The van der Waals surface area contributed by atoms with Gasteiger partial charge in [0.2, 0.25) is 5.91 Å². The molecule has 128 valence electrons. The minimum atomic E-state index is -0.719. The second-order valence-corrected chi connectivity index (χ2v) is 5.06. The molecule has 0 aliphatic carbocycles. The Morgan fingerprint density at radius 2 is 2.00 bits per heavy atom. The number of hydrogen-bond donors (Lipinski definition) is 2. The number of rotatable bonds is 7. The molecule has 1 heterocycles. The minimum Gasteiger partial charge on any atom is -0.497 e. The zero-order chi connectivity index (χ0) is 17.5. The van der Waals surface area contributed by atoms with E-state index in [1.807, 2.05) is 0 Å². The van der Waals surface area contributed by atoms with Gasteiger partial charge in [0.15, 0.2) is 0 Å². The lowest BCUT2D eigenvalue weighted by atomic mass is 10.1. The van der Waals surface area contributed by atoms with Crippen LogP contribution in [0, 0.1) is 0 Å². The average molecular weight is 332 g/mol. The summed E-state index contributed by atoms with van der Waals surface area (Å²) in [6.45, 7) is 1.86. The van der Waals surface area contributed by atoms with Crippen LogP contribution in [-0.4, -0.2) is 32.1 Å². The molecular weight excluding hydrogens is 312 g/mol. The van der Waals surface area contributed by atoms with Gasteiger partial charge in [-0.15, -0.1) is 0 Å². The maximum absolute atomic E-state index is 12.4. The average Bonchev–Trinajstić information content (AvgIpc) is 3.12. The first-order valence-electron chi connectivity index (χ1n) is 7.38. The van der Waals surface area contributed by atoms with Crippen molar-refractivity contribution in [2.75, 3.05) is 14.2 Å².